The number of aliphatic hydroxyl groups is 1. The molecule has 0 bridgehead atoms. The highest BCUT2D eigenvalue weighted by atomic mass is 16.5. The van der Waals surface area contributed by atoms with Crippen molar-refractivity contribution in [2.45, 2.75) is 63.6 Å². The van der Waals surface area contributed by atoms with Crippen molar-refractivity contribution in [3.05, 3.63) is 0 Å². The van der Waals surface area contributed by atoms with E-state index >= 15 is 0 Å². The van der Waals surface area contributed by atoms with Gasteiger partial charge < -0.3 is 19.9 Å². The zero-order valence-corrected chi connectivity index (χ0v) is 12.4. The van der Waals surface area contributed by atoms with Crippen LogP contribution in [0.15, 0.2) is 0 Å². The lowest BCUT2D eigenvalue weighted by atomic mass is 9.98. The minimum atomic E-state index is -0.0787. The predicted molar refractivity (Wildman–Crippen MR) is 75.2 cm³/mol. The van der Waals surface area contributed by atoms with E-state index in [2.05, 4.69) is 19.2 Å². The highest BCUT2D eigenvalue weighted by Crippen LogP contribution is 2.35. The van der Waals surface area contributed by atoms with E-state index in [0.717, 1.165) is 25.9 Å². The largest absolute Gasteiger partial charge is 0.394 e. The monoisotopic (exact) mass is 271 g/mol. The Morgan fingerprint density at radius 2 is 2.05 bits per heavy atom. The van der Waals surface area contributed by atoms with Crippen molar-refractivity contribution in [3.63, 3.8) is 0 Å². The van der Waals surface area contributed by atoms with Crippen molar-refractivity contribution in [3.8, 4) is 0 Å². The molecule has 2 saturated carbocycles. The molecule has 0 aromatic carbocycles. The summed E-state index contributed by atoms with van der Waals surface area (Å²) in [6.07, 6.45) is 5.81. The van der Waals surface area contributed by atoms with Crippen LogP contribution in [0, 0.1) is 5.92 Å². The zero-order chi connectivity index (χ0) is 13.7. The normalized spacial score (nSPS) is 31.3. The number of hydrogen-bond donors (Lipinski definition) is 2. The fourth-order valence-electron chi connectivity index (χ4n) is 2.79. The predicted octanol–water partition coefficient (Wildman–Crippen LogP) is 1.71. The molecule has 0 radical (unpaired) electrons. The summed E-state index contributed by atoms with van der Waals surface area (Å²) in [5.74, 6) is 0.580. The van der Waals surface area contributed by atoms with E-state index in [1.807, 2.05) is 0 Å². The molecule has 2 aliphatic carbocycles. The smallest absolute Gasteiger partial charge is 0.0704 e. The molecule has 2 atom stereocenters. The van der Waals surface area contributed by atoms with Crippen LogP contribution in [0.1, 0.15) is 46.0 Å². The lowest BCUT2D eigenvalue weighted by molar-refractivity contribution is -0.00254. The van der Waals surface area contributed by atoms with E-state index in [1.165, 1.54) is 12.8 Å². The second kappa shape index (κ2) is 7.02. The van der Waals surface area contributed by atoms with Gasteiger partial charge in [0.1, 0.15) is 0 Å². The van der Waals surface area contributed by atoms with Gasteiger partial charge in [0.25, 0.3) is 0 Å². The third-order valence-electron chi connectivity index (χ3n) is 3.99. The summed E-state index contributed by atoms with van der Waals surface area (Å²) in [5, 5.41) is 13.2. The van der Waals surface area contributed by atoms with Gasteiger partial charge in [-0.05, 0) is 38.0 Å². The summed E-state index contributed by atoms with van der Waals surface area (Å²) >= 11 is 0. The topological polar surface area (TPSA) is 50.7 Å². The van der Waals surface area contributed by atoms with Crippen LogP contribution in [-0.4, -0.2) is 49.2 Å². The van der Waals surface area contributed by atoms with Crippen molar-refractivity contribution in [1.82, 2.24) is 5.32 Å². The molecule has 2 N–H and O–H groups in total. The molecule has 0 heterocycles. The van der Waals surface area contributed by atoms with Crippen LogP contribution in [0.3, 0.4) is 0 Å². The maximum absolute atomic E-state index is 9.64. The summed E-state index contributed by atoms with van der Waals surface area (Å²) in [4.78, 5) is 0. The standard InChI is InChI=1S/C15H29NO3/c1-12(2)10-18-7-8-19-14-5-6-15(9-14,11-17)16-13-3-4-13/h12-14,16-17H,3-11H2,1-2H3. The van der Waals surface area contributed by atoms with Crippen LogP contribution >= 0.6 is 0 Å². The Labute approximate surface area is 116 Å². The van der Waals surface area contributed by atoms with Crippen molar-refractivity contribution >= 4 is 0 Å². The summed E-state index contributed by atoms with van der Waals surface area (Å²) < 4.78 is 11.4. The van der Waals surface area contributed by atoms with Gasteiger partial charge in [-0.1, -0.05) is 13.8 Å². The van der Waals surface area contributed by atoms with Gasteiger partial charge in [-0.2, -0.15) is 0 Å². The first-order chi connectivity index (χ1) is 9.13. The molecular formula is C15H29NO3. The van der Waals surface area contributed by atoms with Gasteiger partial charge in [-0.3, -0.25) is 0 Å². The number of nitrogens with one attached hydrogen (secondary N) is 1. The van der Waals surface area contributed by atoms with Crippen LogP contribution in [0.5, 0.6) is 0 Å². The average Bonchev–Trinajstić information content (AvgIpc) is 3.09. The van der Waals surface area contributed by atoms with Gasteiger partial charge in [0.2, 0.25) is 0 Å². The Balaban J connectivity index is 1.60. The van der Waals surface area contributed by atoms with Crippen molar-refractivity contribution in [2.75, 3.05) is 26.4 Å². The third-order valence-corrected chi connectivity index (χ3v) is 3.99. The highest BCUT2D eigenvalue weighted by Gasteiger charge is 2.42. The lowest BCUT2D eigenvalue weighted by Crippen LogP contribution is -2.48. The first kappa shape index (κ1) is 15.2. The SMILES string of the molecule is CC(C)COCCOC1CCC(CO)(NC2CC2)C1. The number of aliphatic hydroxyl groups excluding tert-OH is 1. The van der Waals surface area contributed by atoms with Gasteiger partial charge in [-0.25, -0.2) is 0 Å². The quantitative estimate of drug-likeness (QED) is 0.627. The molecule has 112 valence electrons. The summed E-state index contributed by atoms with van der Waals surface area (Å²) in [7, 11) is 0. The van der Waals surface area contributed by atoms with E-state index in [4.69, 9.17) is 9.47 Å². The zero-order valence-electron chi connectivity index (χ0n) is 12.4. The second-order valence-corrected chi connectivity index (χ2v) is 6.56. The number of hydrogen-bond acceptors (Lipinski definition) is 4. The summed E-state index contributed by atoms with van der Waals surface area (Å²) in [6, 6.07) is 0.639. The lowest BCUT2D eigenvalue weighted by Gasteiger charge is -2.28. The van der Waals surface area contributed by atoms with Crippen molar-refractivity contribution in [2.24, 2.45) is 5.92 Å². The second-order valence-electron chi connectivity index (χ2n) is 6.56. The Kier molecular flexibility index (Phi) is 5.63. The summed E-state index contributed by atoms with van der Waals surface area (Å²) in [6.45, 7) is 6.68. The maximum Gasteiger partial charge on any atom is 0.0704 e. The first-order valence-corrected chi connectivity index (χ1v) is 7.71. The maximum atomic E-state index is 9.64. The van der Waals surface area contributed by atoms with Gasteiger partial charge >= 0.3 is 0 Å². The van der Waals surface area contributed by atoms with Crippen LogP contribution in [0.25, 0.3) is 0 Å². The number of rotatable bonds is 9. The van der Waals surface area contributed by atoms with E-state index < -0.39 is 0 Å². The molecule has 2 aliphatic rings. The third kappa shape index (κ3) is 5.03. The van der Waals surface area contributed by atoms with Crippen molar-refractivity contribution < 1.29 is 14.6 Å². The first-order valence-electron chi connectivity index (χ1n) is 7.71. The fourth-order valence-corrected chi connectivity index (χ4v) is 2.79. The molecule has 2 fully saturated rings. The highest BCUT2D eigenvalue weighted by molar-refractivity contribution is 5.01. The molecule has 4 nitrogen and oxygen atoms in total. The Morgan fingerprint density at radius 1 is 1.26 bits per heavy atom. The van der Waals surface area contributed by atoms with E-state index in [-0.39, 0.29) is 18.2 Å². The molecule has 2 unspecified atom stereocenters. The average molecular weight is 271 g/mol. The Hall–Kier alpha value is -0.160. The summed E-state index contributed by atoms with van der Waals surface area (Å²) in [5.41, 5.74) is -0.0787. The van der Waals surface area contributed by atoms with E-state index in [9.17, 15) is 5.11 Å². The van der Waals surface area contributed by atoms with Gasteiger partial charge in [0.05, 0.1) is 25.9 Å². The van der Waals surface area contributed by atoms with Crippen LogP contribution < -0.4 is 5.32 Å². The van der Waals surface area contributed by atoms with E-state index in [1.54, 1.807) is 0 Å². The van der Waals surface area contributed by atoms with Gasteiger partial charge in [0, 0.05) is 18.2 Å². The van der Waals surface area contributed by atoms with Crippen molar-refractivity contribution in [1.29, 1.82) is 0 Å². The molecule has 0 saturated heterocycles. The fraction of sp³-hybridized carbons (Fsp3) is 1.00. The van der Waals surface area contributed by atoms with Crippen LogP contribution in [-0.2, 0) is 9.47 Å². The molecule has 0 spiro atoms. The molecule has 19 heavy (non-hydrogen) atoms. The van der Waals surface area contributed by atoms with E-state index in [0.29, 0.717) is 25.2 Å². The van der Waals surface area contributed by atoms with Crippen LogP contribution in [0.4, 0.5) is 0 Å². The molecule has 0 amide bonds. The molecule has 0 aromatic heterocycles. The molecule has 0 aliphatic heterocycles. The van der Waals surface area contributed by atoms with Gasteiger partial charge in [-0.15, -0.1) is 0 Å². The minimum Gasteiger partial charge on any atom is -0.394 e. The molecule has 2 rings (SSSR count). The molecule has 0 aromatic rings. The van der Waals surface area contributed by atoms with Gasteiger partial charge in [0.15, 0.2) is 0 Å². The number of ether oxygens (including phenoxy) is 2. The molecular weight excluding hydrogens is 242 g/mol. The minimum absolute atomic E-state index is 0.0787. The Morgan fingerprint density at radius 3 is 2.68 bits per heavy atom. The molecule has 4 heteroatoms. The van der Waals surface area contributed by atoms with Crippen LogP contribution in [0.2, 0.25) is 0 Å². The Bertz CT molecular complexity index is 268.